The largest absolute Gasteiger partial charge is 0.494 e. The fraction of sp³-hybridized carbons (Fsp3) is 0.227. The van der Waals surface area contributed by atoms with Gasteiger partial charge in [-0.25, -0.2) is 4.98 Å². The zero-order valence-corrected chi connectivity index (χ0v) is 18.7. The molecule has 32 heavy (non-hydrogen) atoms. The fourth-order valence-corrected chi connectivity index (χ4v) is 4.43. The number of nitrogens with two attached hydrogens (primary N) is 1. The number of carbonyl (C=O) groups is 1. The van der Waals surface area contributed by atoms with Gasteiger partial charge in [0.05, 0.1) is 28.5 Å². The van der Waals surface area contributed by atoms with Crippen LogP contribution in [0.5, 0.6) is 5.75 Å². The van der Waals surface area contributed by atoms with E-state index in [2.05, 4.69) is 15.6 Å². The first kappa shape index (κ1) is 22.1. The van der Waals surface area contributed by atoms with Gasteiger partial charge in [0.15, 0.2) is 0 Å². The second kappa shape index (κ2) is 9.20. The summed E-state index contributed by atoms with van der Waals surface area (Å²) in [7, 11) is 1.54. The van der Waals surface area contributed by atoms with Crippen molar-refractivity contribution in [2.45, 2.75) is 18.9 Å². The van der Waals surface area contributed by atoms with Gasteiger partial charge in [-0.2, -0.15) is 0 Å². The molecular formula is C22H21Cl2N5O3. The van der Waals surface area contributed by atoms with E-state index in [4.69, 9.17) is 33.7 Å². The molecule has 2 aromatic carbocycles. The van der Waals surface area contributed by atoms with E-state index in [1.54, 1.807) is 24.3 Å². The van der Waals surface area contributed by atoms with Gasteiger partial charge in [-0.05, 0) is 37.6 Å². The number of methoxy groups -OCH3 is 1. The maximum Gasteiger partial charge on any atom is 0.273 e. The van der Waals surface area contributed by atoms with Crippen molar-refractivity contribution in [1.82, 2.24) is 14.9 Å². The Kier molecular flexibility index (Phi) is 6.36. The molecule has 1 saturated heterocycles. The lowest BCUT2D eigenvalue weighted by atomic mass is 10.0. The van der Waals surface area contributed by atoms with Crippen LogP contribution in [-0.2, 0) is 0 Å². The summed E-state index contributed by atoms with van der Waals surface area (Å²) in [5.41, 5.74) is 6.46. The highest BCUT2D eigenvalue weighted by Crippen LogP contribution is 2.36. The number of para-hydroxylation sites is 2. The lowest BCUT2D eigenvalue weighted by Crippen LogP contribution is -2.31. The van der Waals surface area contributed by atoms with Crippen LogP contribution in [0, 0.1) is 0 Å². The Morgan fingerprint density at radius 1 is 1.25 bits per heavy atom. The van der Waals surface area contributed by atoms with Crippen molar-refractivity contribution < 1.29 is 9.53 Å². The van der Waals surface area contributed by atoms with E-state index in [0.717, 1.165) is 29.5 Å². The zero-order chi connectivity index (χ0) is 22.8. The maximum absolute atomic E-state index is 13.2. The topological polar surface area (TPSA) is 111 Å². The van der Waals surface area contributed by atoms with Gasteiger partial charge >= 0.3 is 0 Å². The molecule has 1 amide bonds. The first-order valence-corrected chi connectivity index (χ1v) is 10.7. The second-order valence-corrected chi connectivity index (χ2v) is 8.10. The van der Waals surface area contributed by atoms with Crippen LogP contribution < -0.4 is 26.7 Å². The minimum atomic E-state index is -0.715. The van der Waals surface area contributed by atoms with Crippen molar-refractivity contribution in [1.29, 1.82) is 0 Å². The van der Waals surface area contributed by atoms with Crippen LogP contribution in [0.15, 0.2) is 47.5 Å². The quantitative estimate of drug-likeness (QED) is 0.519. The molecule has 1 unspecified atom stereocenters. The van der Waals surface area contributed by atoms with Crippen molar-refractivity contribution in [2.75, 3.05) is 24.7 Å². The van der Waals surface area contributed by atoms with E-state index in [1.807, 2.05) is 12.1 Å². The Morgan fingerprint density at radius 2 is 1.97 bits per heavy atom. The van der Waals surface area contributed by atoms with Gasteiger partial charge in [0.2, 0.25) is 0 Å². The summed E-state index contributed by atoms with van der Waals surface area (Å²) in [6, 6.07) is 10.4. The van der Waals surface area contributed by atoms with Crippen LogP contribution in [0.25, 0.3) is 5.69 Å². The molecular weight excluding hydrogens is 453 g/mol. The van der Waals surface area contributed by atoms with Gasteiger partial charge < -0.3 is 21.1 Å². The summed E-state index contributed by atoms with van der Waals surface area (Å²) in [6.07, 6.45) is 3.21. The normalized spacial score (nSPS) is 15.5. The van der Waals surface area contributed by atoms with Crippen LogP contribution in [0.3, 0.4) is 0 Å². The Hall–Kier alpha value is -3.07. The third-order valence-electron chi connectivity index (χ3n) is 5.34. The number of nitrogens with zero attached hydrogens (tertiary/aromatic N) is 2. The number of hydrogen-bond acceptors (Lipinski definition) is 6. The number of nitrogen functional groups attached to an aromatic ring is 1. The smallest absolute Gasteiger partial charge is 0.273 e. The number of carbonyl (C=O) groups excluding carboxylic acids is 1. The van der Waals surface area contributed by atoms with Crippen molar-refractivity contribution >= 4 is 40.6 Å². The molecule has 10 heteroatoms. The SMILES string of the molecule is COc1c(NC(=O)c2c(N)ncn(-c3c(Cl)cccc3Cl)c2=O)cccc1C1CCCN1. The lowest BCUT2D eigenvalue weighted by molar-refractivity contribution is 0.102. The zero-order valence-electron chi connectivity index (χ0n) is 17.2. The number of aromatic nitrogens is 2. The molecule has 166 valence electrons. The molecule has 1 aromatic heterocycles. The van der Waals surface area contributed by atoms with Crippen LogP contribution >= 0.6 is 23.2 Å². The van der Waals surface area contributed by atoms with E-state index in [1.165, 1.54) is 13.4 Å². The molecule has 0 bridgehead atoms. The third kappa shape index (κ3) is 4.04. The molecule has 3 aromatic rings. The van der Waals surface area contributed by atoms with E-state index in [9.17, 15) is 9.59 Å². The summed E-state index contributed by atoms with van der Waals surface area (Å²) in [5.74, 6) is -0.399. The van der Waals surface area contributed by atoms with Crippen molar-refractivity contribution in [3.05, 3.63) is 74.3 Å². The maximum atomic E-state index is 13.2. The summed E-state index contributed by atoms with van der Waals surface area (Å²) in [5, 5.41) is 6.62. The number of amides is 1. The standard InChI is InChI=1S/C22H21Cl2N5O3/c1-32-19-12(15-9-4-10-26-15)5-2-8-16(19)28-21(30)17-20(25)27-11-29(22(17)31)18-13(23)6-3-7-14(18)24/h2-3,5-8,11,15,26H,4,9-10,25H2,1H3,(H,28,30). The summed E-state index contributed by atoms with van der Waals surface area (Å²) >= 11 is 12.5. The highest BCUT2D eigenvalue weighted by Gasteiger charge is 2.25. The van der Waals surface area contributed by atoms with Gasteiger partial charge in [0, 0.05) is 11.6 Å². The number of hydrogen-bond donors (Lipinski definition) is 3. The van der Waals surface area contributed by atoms with Crippen LogP contribution in [0.1, 0.15) is 34.8 Å². The molecule has 0 radical (unpaired) electrons. The van der Waals surface area contributed by atoms with Crippen LogP contribution in [0.4, 0.5) is 11.5 Å². The second-order valence-electron chi connectivity index (χ2n) is 7.28. The Bertz CT molecular complexity index is 1220. The molecule has 8 nitrogen and oxygen atoms in total. The monoisotopic (exact) mass is 473 g/mol. The first-order chi connectivity index (χ1) is 15.4. The number of rotatable bonds is 5. The van der Waals surface area contributed by atoms with Gasteiger partial charge in [0.1, 0.15) is 23.5 Å². The van der Waals surface area contributed by atoms with Crippen molar-refractivity contribution in [3.63, 3.8) is 0 Å². The predicted molar refractivity (Wildman–Crippen MR) is 125 cm³/mol. The lowest BCUT2D eigenvalue weighted by Gasteiger charge is -2.19. The Balaban J connectivity index is 1.74. The molecule has 0 aliphatic carbocycles. The molecule has 1 fully saturated rings. The molecule has 4 N–H and O–H groups in total. The van der Waals surface area contributed by atoms with Crippen molar-refractivity contribution in [2.24, 2.45) is 0 Å². The minimum Gasteiger partial charge on any atom is -0.494 e. The average molecular weight is 474 g/mol. The fourth-order valence-electron chi connectivity index (χ4n) is 3.85. The molecule has 4 rings (SSSR count). The molecule has 1 atom stereocenters. The summed E-state index contributed by atoms with van der Waals surface area (Å²) in [4.78, 5) is 30.3. The van der Waals surface area contributed by atoms with Crippen LogP contribution in [-0.4, -0.2) is 29.1 Å². The van der Waals surface area contributed by atoms with Gasteiger partial charge in [0.25, 0.3) is 11.5 Å². The van der Waals surface area contributed by atoms with E-state index in [0.29, 0.717) is 11.4 Å². The number of ether oxygens (including phenoxy) is 1. The van der Waals surface area contributed by atoms with Gasteiger partial charge in [-0.3, -0.25) is 14.2 Å². The molecule has 0 saturated carbocycles. The molecule has 1 aliphatic rings. The van der Waals surface area contributed by atoms with Crippen molar-refractivity contribution in [3.8, 4) is 11.4 Å². The van der Waals surface area contributed by atoms with E-state index >= 15 is 0 Å². The Morgan fingerprint density at radius 3 is 2.62 bits per heavy atom. The molecule has 0 spiro atoms. The van der Waals surface area contributed by atoms with Gasteiger partial charge in [-0.1, -0.05) is 41.4 Å². The highest BCUT2D eigenvalue weighted by molar-refractivity contribution is 6.37. The number of benzene rings is 2. The Labute approximate surface area is 194 Å². The number of nitrogens with one attached hydrogen (secondary N) is 2. The van der Waals surface area contributed by atoms with E-state index in [-0.39, 0.29) is 33.2 Å². The number of halogens is 2. The highest BCUT2D eigenvalue weighted by atomic mass is 35.5. The summed E-state index contributed by atoms with van der Waals surface area (Å²) < 4.78 is 6.69. The molecule has 2 heterocycles. The van der Waals surface area contributed by atoms with Gasteiger partial charge in [-0.15, -0.1) is 0 Å². The predicted octanol–water partition coefficient (Wildman–Crippen LogP) is 3.81. The first-order valence-electron chi connectivity index (χ1n) is 9.95. The minimum absolute atomic E-state index is 0.129. The van der Waals surface area contributed by atoms with Crippen LogP contribution in [0.2, 0.25) is 10.0 Å². The summed E-state index contributed by atoms with van der Waals surface area (Å²) in [6.45, 7) is 0.917. The third-order valence-corrected chi connectivity index (χ3v) is 5.95. The van der Waals surface area contributed by atoms with E-state index < -0.39 is 11.5 Å². The molecule has 1 aliphatic heterocycles. The average Bonchev–Trinajstić information content (AvgIpc) is 3.29. The number of anilines is 2.